The van der Waals surface area contributed by atoms with Crippen molar-refractivity contribution in [1.29, 1.82) is 0 Å². The molecule has 2 aromatic heterocycles. The first-order chi connectivity index (χ1) is 12.3. The Bertz CT molecular complexity index is 826. The topological polar surface area (TPSA) is 54.2 Å². The lowest BCUT2D eigenvalue weighted by Crippen LogP contribution is -2.36. The normalized spacial score (nSPS) is 11.1. The van der Waals surface area contributed by atoms with Gasteiger partial charge in [-0.3, -0.25) is 4.99 Å². The Morgan fingerprint density at radius 1 is 1.12 bits per heavy atom. The van der Waals surface area contributed by atoms with E-state index in [0.29, 0.717) is 6.54 Å². The molecule has 2 heterocycles. The van der Waals surface area contributed by atoms with Crippen molar-refractivity contribution in [3.63, 3.8) is 0 Å². The summed E-state index contributed by atoms with van der Waals surface area (Å²) in [4.78, 5) is 11.2. The molecule has 1 aromatic carbocycles. The minimum Gasteiger partial charge on any atom is -0.352 e. The predicted octanol–water partition coefficient (Wildman–Crippen LogP) is 3.98. The zero-order chi connectivity index (χ0) is 17.5. The van der Waals surface area contributed by atoms with E-state index in [-0.39, 0.29) is 24.0 Å². The lowest BCUT2D eigenvalue weighted by molar-refractivity contribution is 0.809. The molecule has 138 valence electrons. The molecule has 0 aliphatic rings. The van der Waals surface area contributed by atoms with Crippen LogP contribution in [-0.4, -0.2) is 22.6 Å². The largest absolute Gasteiger partial charge is 0.352 e. The van der Waals surface area contributed by atoms with Crippen LogP contribution >= 0.6 is 35.3 Å². The van der Waals surface area contributed by atoms with Crippen LogP contribution in [0.25, 0.3) is 5.69 Å². The maximum absolute atomic E-state index is 4.32. The first-order valence-electron chi connectivity index (χ1n) is 8.38. The zero-order valence-electron chi connectivity index (χ0n) is 15.0. The van der Waals surface area contributed by atoms with Crippen molar-refractivity contribution in [3.8, 4) is 5.69 Å². The molecular formula is C19H24IN5S. The highest BCUT2D eigenvalue weighted by Crippen LogP contribution is 2.16. The Kier molecular flexibility index (Phi) is 8.11. The van der Waals surface area contributed by atoms with E-state index in [2.05, 4.69) is 51.8 Å². The van der Waals surface area contributed by atoms with Gasteiger partial charge in [-0.05, 0) is 30.2 Å². The fourth-order valence-corrected chi connectivity index (χ4v) is 3.49. The summed E-state index contributed by atoms with van der Waals surface area (Å²) in [6.45, 7) is 3.66. The third-order valence-electron chi connectivity index (χ3n) is 3.94. The average Bonchev–Trinajstić information content (AvgIpc) is 3.34. The van der Waals surface area contributed by atoms with Gasteiger partial charge < -0.3 is 15.2 Å². The summed E-state index contributed by atoms with van der Waals surface area (Å²) in [7, 11) is 1.79. The van der Waals surface area contributed by atoms with Gasteiger partial charge in [-0.25, -0.2) is 4.98 Å². The number of aromatic nitrogens is 2. The molecule has 0 saturated carbocycles. The molecule has 0 atom stereocenters. The molecule has 0 unspecified atom stereocenters. The van der Waals surface area contributed by atoms with Crippen molar-refractivity contribution in [2.24, 2.45) is 4.99 Å². The van der Waals surface area contributed by atoms with Crippen LogP contribution in [0, 0.1) is 0 Å². The van der Waals surface area contributed by atoms with Crippen LogP contribution in [0.4, 0.5) is 0 Å². The van der Waals surface area contributed by atoms with E-state index in [9.17, 15) is 0 Å². The molecule has 26 heavy (non-hydrogen) atoms. The number of rotatable bonds is 6. The van der Waals surface area contributed by atoms with Gasteiger partial charge in [0.05, 0.1) is 18.6 Å². The molecule has 0 spiro atoms. The Morgan fingerprint density at radius 3 is 2.58 bits per heavy atom. The molecule has 2 N–H and O–H groups in total. The number of hydrogen-bond donors (Lipinski definition) is 2. The number of imidazole rings is 1. The zero-order valence-corrected chi connectivity index (χ0v) is 18.1. The summed E-state index contributed by atoms with van der Waals surface area (Å²) >= 11 is 1.84. The first kappa shape index (κ1) is 20.4. The van der Waals surface area contributed by atoms with Gasteiger partial charge in [0.15, 0.2) is 5.96 Å². The molecule has 0 aliphatic heterocycles. The van der Waals surface area contributed by atoms with Crippen molar-refractivity contribution >= 4 is 41.3 Å². The monoisotopic (exact) mass is 481 g/mol. The minimum absolute atomic E-state index is 0. The number of halogens is 1. The number of aryl methyl sites for hydroxylation is 1. The quantitative estimate of drug-likeness (QED) is 0.318. The lowest BCUT2D eigenvalue weighted by Gasteiger charge is -2.14. The van der Waals surface area contributed by atoms with E-state index in [0.717, 1.165) is 24.6 Å². The molecule has 0 aliphatic carbocycles. The van der Waals surface area contributed by atoms with E-state index in [1.54, 1.807) is 13.2 Å². The standard InChI is InChI=1S/C19H23N5S.HI/c1-3-16-8-9-17(25-16)13-23-19(20-2)22-12-15-6-4-5-7-18(15)24-11-10-21-14-24;/h4-11,14H,3,12-13H2,1-2H3,(H2,20,22,23);1H. The number of guanidine groups is 1. The molecular weight excluding hydrogens is 457 g/mol. The van der Waals surface area contributed by atoms with Crippen molar-refractivity contribution in [2.45, 2.75) is 26.4 Å². The van der Waals surface area contributed by atoms with Crippen LogP contribution in [0.3, 0.4) is 0 Å². The van der Waals surface area contributed by atoms with Crippen molar-refractivity contribution in [2.75, 3.05) is 7.05 Å². The van der Waals surface area contributed by atoms with Gasteiger partial charge in [0, 0.05) is 35.7 Å². The van der Waals surface area contributed by atoms with Gasteiger partial charge >= 0.3 is 0 Å². The lowest BCUT2D eigenvalue weighted by atomic mass is 10.1. The molecule has 5 nitrogen and oxygen atoms in total. The Morgan fingerprint density at radius 2 is 1.88 bits per heavy atom. The average molecular weight is 481 g/mol. The summed E-state index contributed by atoms with van der Waals surface area (Å²) in [5.41, 5.74) is 2.31. The smallest absolute Gasteiger partial charge is 0.191 e. The molecule has 3 aromatic rings. The second-order valence-electron chi connectivity index (χ2n) is 5.60. The molecule has 0 saturated heterocycles. The van der Waals surface area contributed by atoms with Crippen LogP contribution in [0.5, 0.6) is 0 Å². The highest BCUT2D eigenvalue weighted by atomic mass is 127. The van der Waals surface area contributed by atoms with Gasteiger partial charge in [-0.1, -0.05) is 25.1 Å². The number of para-hydroxylation sites is 1. The minimum atomic E-state index is 0. The maximum atomic E-state index is 4.32. The van der Waals surface area contributed by atoms with Gasteiger partial charge in [-0.15, -0.1) is 35.3 Å². The number of benzene rings is 1. The molecule has 0 amide bonds. The summed E-state index contributed by atoms with van der Waals surface area (Å²) in [6, 6.07) is 12.7. The van der Waals surface area contributed by atoms with E-state index >= 15 is 0 Å². The van der Waals surface area contributed by atoms with Gasteiger partial charge in [0.2, 0.25) is 0 Å². The van der Waals surface area contributed by atoms with E-state index in [4.69, 9.17) is 0 Å². The van der Waals surface area contributed by atoms with E-state index < -0.39 is 0 Å². The Labute approximate surface area is 175 Å². The summed E-state index contributed by atoms with van der Waals surface area (Å²) in [5.74, 6) is 0.798. The van der Waals surface area contributed by atoms with E-state index in [1.807, 2.05) is 40.6 Å². The van der Waals surface area contributed by atoms with Crippen molar-refractivity contribution < 1.29 is 0 Å². The number of nitrogens with one attached hydrogen (secondary N) is 2. The van der Waals surface area contributed by atoms with Gasteiger partial charge in [-0.2, -0.15) is 0 Å². The molecule has 3 rings (SSSR count). The molecule has 7 heteroatoms. The highest BCUT2D eigenvalue weighted by molar-refractivity contribution is 14.0. The summed E-state index contributed by atoms with van der Waals surface area (Å²) < 4.78 is 2.02. The molecule has 0 radical (unpaired) electrons. The number of hydrogen-bond acceptors (Lipinski definition) is 3. The van der Waals surface area contributed by atoms with E-state index in [1.165, 1.54) is 15.3 Å². The van der Waals surface area contributed by atoms with Crippen LogP contribution in [-0.2, 0) is 19.5 Å². The number of thiophene rings is 1. The Hall–Kier alpha value is -1.87. The van der Waals surface area contributed by atoms with Crippen LogP contribution < -0.4 is 10.6 Å². The first-order valence-corrected chi connectivity index (χ1v) is 9.20. The van der Waals surface area contributed by atoms with Crippen molar-refractivity contribution in [3.05, 3.63) is 70.4 Å². The van der Waals surface area contributed by atoms with Crippen molar-refractivity contribution in [1.82, 2.24) is 20.2 Å². The fraction of sp³-hybridized carbons (Fsp3) is 0.263. The SMILES string of the molecule is CCc1ccc(CNC(=NC)NCc2ccccc2-n2ccnc2)s1.I. The second-order valence-corrected chi connectivity index (χ2v) is 6.85. The highest BCUT2D eigenvalue weighted by Gasteiger charge is 2.05. The number of nitrogens with zero attached hydrogens (tertiary/aromatic N) is 3. The fourth-order valence-electron chi connectivity index (χ4n) is 2.59. The van der Waals surface area contributed by atoms with Gasteiger partial charge in [0.1, 0.15) is 0 Å². The number of aliphatic imine (C=N–C) groups is 1. The third kappa shape index (κ3) is 5.31. The Balaban J connectivity index is 0.00000243. The predicted molar refractivity (Wildman–Crippen MR) is 120 cm³/mol. The van der Waals surface area contributed by atoms with Crippen LogP contribution in [0.15, 0.2) is 60.1 Å². The summed E-state index contributed by atoms with van der Waals surface area (Å²) in [6.07, 6.45) is 6.64. The summed E-state index contributed by atoms with van der Waals surface area (Å²) in [5, 5.41) is 6.77. The second kappa shape index (κ2) is 10.3. The maximum Gasteiger partial charge on any atom is 0.191 e. The van der Waals surface area contributed by atoms with Crippen LogP contribution in [0.2, 0.25) is 0 Å². The third-order valence-corrected chi connectivity index (χ3v) is 5.17. The molecule has 0 bridgehead atoms. The molecule has 0 fully saturated rings. The van der Waals surface area contributed by atoms with Gasteiger partial charge in [0.25, 0.3) is 0 Å². The van der Waals surface area contributed by atoms with Crippen LogP contribution in [0.1, 0.15) is 22.2 Å².